The van der Waals surface area contributed by atoms with Gasteiger partial charge in [0.05, 0.1) is 5.02 Å². The van der Waals surface area contributed by atoms with Crippen LogP contribution in [-0.4, -0.2) is 4.98 Å². The maximum absolute atomic E-state index is 12.4. The molecule has 0 amide bonds. The summed E-state index contributed by atoms with van der Waals surface area (Å²) >= 11 is 9.50. The number of hydrogen-bond donors (Lipinski definition) is 1. The zero-order valence-corrected chi connectivity index (χ0v) is 13.8. The summed E-state index contributed by atoms with van der Waals surface area (Å²) < 4.78 is 0.818. The maximum Gasteiger partial charge on any atom is 0.256 e. The molecule has 0 aliphatic carbocycles. The van der Waals surface area contributed by atoms with Crippen molar-refractivity contribution in [3.05, 3.63) is 67.9 Å². The molecule has 0 aliphatic rings. The predicted octanol–water partition coefficient (Wildman–Crippen LogP) is 5.17. The summed E-state index contributed by atoms with van der Waals surface area (Å²) in [5.74, 6) is 0. The van der Waals surface area contributed by atoms with E-state index < -0.39 is 0 Å². The van der Waals surface area contributed by atoms with Crippen molar-refractivity contribution < 1.29 is 0 Å². The van der Waals surface area contributed by atoms with Gasteiger partial charge in [-0.3, -0.25) is 4.79 Å². The summed E-state index contributed by atoms with van der Waals surface area (Å²) in [4.78, 5) is 15.3. The van der Waals surface area contributed by atoms with Crippen LogP contribution in [0.2, 0.25) is 5.02 Å². The lowest BCUT2D eigenvalue weighted by Crippen LogP contribution is -2.09. The third kappa shape index (κ3) is 2.63. The first-order valence-electron chi connectivity index (χ1n) is 6.70. The van der Waals surface area contributed by atoms with E-state index in [1.54, 1.807) is 6.07 Å². The summed E-state index contributed by atoms with van der Waals surface area (Å²) in [6.45, 7) is 2.09. The second-order valence-electron chi connectivity index (χ2n) is 4.88. The van der Waals surface area contributed by atoms with Crippen LogP contribution in [0.3, 0.4) is 0 Å². The first kappa shape index (κ1) is 14.4. The molecular weight excluding hydrogens is 350 g/mol. The lowest BCUT2D eigenvalue weighted by atomic mass is 9.98. The Balaban J connectivity index is 2.31. The minimum absolute atomic E-state index is 0.0956. The fraction of sp³-hybridized carbons (Fsp3) is 0.118. The molecule has 1 heterocycles. The number of nitrogens with one attached hydrogen (secondary N) is 1. The summed E-state index contributed by atoms with van der Waals surface area (Å²) in [5.41, 5.74) is 3.48. The van der Waals surface area contributed by atoms with Gasteiger partial charge in [0, 0.05) is 20.9 Å². The molecule has 3 rings (SSSR count). The van der Waals surface area contributed by atoms with Gasteiger partial charge in [-0.05, 0) is 51.7 Å². The lowest BCUT2D eigenvalue weighted by molar-refractivity contribution is 1.14. The van der Waals surface area contributed by atoms with Crippen molar-refractivity contribution in [2.24, 2.45) is 0 Å². The van der Waals surface area contributed by atoms with Crippen LogP contribution in [0.25, 0.3) is 22.0 Å². The molecule has 21 heavy (non-hydrogen) atoms. The van der Waals surface area contributed by atoms with Gasteiger partial charge in [0.15, 0.2) is 0 Å². The zero-order valence-electron chi connectivity index (χ0n) is 11.4. The number of aromatic nitrogens is 1. The first-order chi connectivity index (χ1) is 10.1. The standard InChI is InChI=1S/C17H13BrClNO/c1-2-10-5-3-4-6-12(10)13-7-11-8-14(18)15(19)9-16(11)20-17(13)21/h3-9H,2H2,1H3,(H,20,21). The highest BCUT2D eigenvalue weighted by Gasteiger charge is 2.10. The Kier molecular flexibility index (Phi) is 3.87. The van der Waals surface area contributed by atoms with Gasteiger partial charge in [0.2, 0.25) is 0 Å². The number of hydrogen-bond acceptors (Lipinski definition) is 1. The van der Waals surface area contributed by atoms with Gasteiger partial charge in [0.25, 0.3) is 5.56 Å². The number of H-pyrrole nitrogens is 1. The number of fused-ring (bicyclic) bond motifs is 1. The summed E-state index contributed by atoms with van der Waals surface area (Å²) in [6.07, 6.45) is 0.887. The van der Waals surface area contributed by atoms with Crippen LogP contribution in [0.4, 0.5) is 0 Å². The first-order valence-corrected chi connectivity index (χ1v) is 7.87. The SMILES string of the molecule is CCc1ccccc1-c1cc2cc(Br)c(Cl)cc2[nH]c1=O. The Morgan fingerprint density at radius 1 is 1.14 bits per heavy atom. The van der Waals surface area contributed by atoms with Gasteiger partial charge in [-0.25, -0.2) is 0 Å². The second kappa shape index (κ2) is 5.66. The molecular formula is C17H13BrClNO. The van der Waals surface area contributed by atoms with Crippen molar-refractivity contribution in [3.63, 3.8) is 0 Å². The fourth-order valence-electron chi connectivity index (χ4n) is 2.49. The number of pyridine rings is 1. The molecule has 0 radical (unpaired) electrons. The summed E-state index contributed by atoms with van der Waals surface area (Å²) in [6, 6.07) is 13.6. The van der Waals surface area contributed by atoms with Crippen LogP contribution in [0.5, 0.6) is 0 Å². The number of aromatic amines is 1. The molecule has 1 aromatic heterocycles. The van der Waals surface area contributed by atoms with Crippen molar-refractivity contribution in [2.45, 2.75) is 13.3 Å². The second-order valence-corrected chi connectivity index (χ2v) is 6.14. The molecule has 3 aromatic rings. The number of rotatable bonds is 2. The third-order valence-electron chi connectivity index (χ3n) is 3.57. The number of halogens is 2. The van der Waals surface area contributed by atoms with Gasteiger partial charge < -0.3 is 4.98 Å². The van der Waals surface area contributed by atoms with Crippen molar-refractivity contribution in [1.82, 2.24) is 4.98 Å². The van der Waals surface area contributed by atoms with Crippen molar-refractivity contribution in [2.75, 3.05) is 0 Å². The van der Waals surface area contributed by atoms with E-state index in [4.69, 9.17) is 11.6 Å². The highest BCUT2D eigenvalue weighted by atomic mass is 79.9. The molecule has 0 atom stereocenters. The van der Waals surface area contributed by atoms with Gasteiger partial charge in [-0.2, -0.15) is 0 Å². The normalized spacial score (nSPS) is 11.0. The average molecular weight is 363 g/mol. The van der Waals surface area contributed by atoms with Crippen LogP contribution in [-0.2, 0) is 6.42 Å². The molecule has 0 spiro atoms. The number of aryl methyl sites for hydroxylation is 1. The van der Waals surface area contributed by atoms with E-state index in [1.165, 1.54) is 0 Å². The van der Waals surface area contributed by atoms with Crippen LogP contribution in [0.1, 0.15) is 12.5 Å². The molecule has 106 valence electrons. The largest absolute Gasteiger partial charge is 0.321 e. The Morgan fingerprint density at radius 3 is 2.67 bits per heavy atom. The van der Waals surface area contributed by atoms with Crippen LogP contribution in [0, 0.1) is 0 Å². The van der Waals surface area contributed by atoms with Crippen molar-refractivity contribution >= 4 is 38.4 Å². The van der Waals surface area contributed by atoms with E-state index >= 15 is 0 Å². The van der Waals surface area contributed by atoms with E-state index in [-0.39, 0.29) is 5.56 Å². The molecule has 0 fully saturated rings. The molecule has 0 saturated carbocycles. The van der Waals surface area contributed by atoms with E-state index in [1.807, 2.05) is 30.3 Å². The van der Waals surface area contributed by atoms with Crippen molar-refractivity contribution in [1.29, 1.82) is 0 Å². The van der Waals surface area contributed by atoms with Crippen LogP contribution >= 0.6 is 27.5 Å². The molecule has 4 heteroatoms. The highest BCUT2D eigenvalue weighted by molar-refractivity contribution is 9.10. The highest BCUT2D eigenvalue weighted by Crippen LogP contribution is 2.29. The monoisotopic (exact) mass is 361 g/mol. The molecule has 0 bridgehead atoms. The van der Waals surface area contributed by atoms with Gasteiger partial charge >= 0.3 is 0 Å². The van der Waals surface area contributed by atoms with E-state index in [9.17, 15) is 4.79 Å². The van der Waals surface area contributed by atoms with Gasteiger partial charge in [-0.15, -0.1) is 0 Å². The summed E-state index contributed by atoms with van der Waals surface area (Å²) in [7, 11) is 0. The minimum atomic E-state index is -0.0956. The molecule has 1 N–H and O–H groups in total. The molecule has 2 aromatic carbocycles. The minimum Gasteiger partial charge on any atom is -0.321 e. The zero-order chi connectivity index (χ0) is 15.0. The third-order valence-corrected chi connectivity index (χ3v) is 4.77. The summed E-state index contributed by atoms with van der Waals surface area (Å²) in [5, 5.41) is 1.53. The average Bonchev–Trinajstić information content (AvgIpc) is 2.48. The quantitative estimate of drug-likeness (QED) is 0.670. The van der Waals surface area contributed by atoms with Gasteiger partial charge in [0.1, 0.15) is 0 Å². The van der Waals surface area contributed by atoms with Gasteiger partial charge in [-0.1, -0.05) is 42.8 Å². The lowest BCUT2D eigenvalue weighted by Gasteiger charge is -2.09. The van der Waals surface area contributed by atoms with Crippen LogP contribution in [0.15, 0.2) is 51.7 Å². The fourth-order valence-corrected chi connectivity index (χ4v) is 3.02. The predicted molar refractivity (Wildman–Crippen MR) is 92.1 cm³/mol. The maximum atomic E-state index is 12.4. The van der Waals surface area contributed by atoms with Crippen LogP contribution < -0.4 is 5.56 Å². The smallest absolute Gasteiger partial charge is 0.256 e. The Labute approximate surface area is 135 Å². The topological polar surface area (TPSA) is 32.9 Å². The van der Waals surface area contributed by atoms with E-state index in [0.717, 1.165) is 32.9 Å². The molecule has 2 nitrogen and oxygen atoms in total. The molecule has 0 saturated heterocycles. The van der Waals surface area contributed by atoms with E-state index in [0.29, 0.717) is 10.6 Å². The number of benzene rings is 2. The van der Waals surface area contributed by atoms with E-state index in [2.05, 4.69) is 33.9 Å². The molecule has 0 aliphatic heterocycles. The Morgan fingerprint density at radius 2 is 1.90 bits per heavy atom. The Bertz CT molecular complexity index is 886. The molecule has 0 unspecified atom stereocenters. The Hall–Kier alpha value is -1.58. The van der Waals surface area contributed by atoms with Crippen molar-refractivity contribution in [3.8, 4) is 11.1 Å².